The number of hydrogen-bond acceptors (Lipinski definition) is 4. The molecule has 35 heavy (non-hydrogen) atoms. The molecule has 0 aliphatic carbocycles. The summed E-state index contributed by atoms with van der Waals surface area (Å²) in [5, 5.41) is 0. The second-order valence-corrected chi connectivity index (χ2v) is 10.1. The third-order valence-electron chi connectivity index (χ3n) is 6.91. The fourth-order valence-corrected chi connectivity index (χ4v) is 4.23. The number of ether oxygens (including phenoxy) is 1. The predicted octanol–water partition coefficient (Wildman–Crippen LogP) is 9.12. The van der Waals surface area contributed by atoms with Crippen LogP contribution in [0.5, 0.6) is 5.75 Å². The maximum absolute atomic E-state index is 12.0. The van der Waals surface area contributed by atoms with Gasteiger partial charge >= 0.3 is 5.97 Å². The van der Waals surface area contributed by atoms with Crippen molar-refractivity contribution in [2.45, 2.75) is 124 Å². The Bertz CT molecular complexity index is 802. The number of nitrogens with zero attached hydrogens (tertiary/aromatic N) is 2. The lowest BCUT2D eigenvalue weighted by Gasteiger charge is -2.08. The first-order chi connectivity index (χ1) is 17.1. The number of hydrogen-bond donors (Lipinski definition) is 0. The molecule has 0 unspecified atom stereocenters. The molecule has 0 bridgehead atoms. The first-order valence-corrected chi connectivity index (χ1v) is 14.2. The molecule has 1 heterocycles. The number of benzene rings is 1. The molecule has 0 aliphatic rings. The summed E-state index contributed by atoms with van der Waals surface area (Å²) in [4.78, 5) is 21.1. The summed E-state index contributed by atoms with van der Waals surface area (Å²) in [5.41, 5.74) is 2.13. The molecular weight excluding hydrogens is 432 g/mol. The standard InChI is InChI=1S/C31H48N2O2/c1-4-6-7-8-9-10-11-12-13-14-15-16-17-27-24-32-31(33-25-27)28-19-21-29(22-20-28)35-30(34)23-18-26(3)5-2/h19-22,24-26H,4-18,23H2,1-3H3/t26-/m0/s1. The third-order valence-corrected chi connectivity index (χ3v) is 6.91. The van der Waals surface area contributed by atoms with Crippen LogP contribution < -0.4 is 4.74 Å². The average molecular weight is 481 g/mol. The molecule has 1 aromatic heterocycles. The molecule has 0 fully saturated rings. The van der Waals surface area contributed by atoms with Gasteiger partial charge in [-0.05, 0) is 55.0 Å². The van der Waals surface area contributed by atoms with Crippen molar-refractivity contribution < 1.29 is 9.53 Å². The smallest absolute Gasteiger partial charge is 0.311 e. The summed E-state index contributed by atoms with van der Waals surface area (Å²) in [5.74, 6) is 1.66. The van der Waals surface area contributed by atoms with E-state index in [4.69, 9.17) is 4.74 Å². The molecule has 0 aliphatic heterocycles. The maximum atomic E-state index is 12.0. The number of rotatable bonds is 19. The first kappa shape index (κ1) is 29.0. The molecule has 2 aromatic rings. The molecule has 0 saturated carbocycles. The van der Waals surface area contributed by atoms with Crippen molar-refractivity contribution in [1.29, 1.82) is 0 Å². The van der Waals surface area contributed by atoms with E-state index in [2.05, 4.69) is 30.7 Å². The Morgan fingerprint density at radius 2 is 1.34 bits per heavy atom. The van der Waals surface area contributed by atoms with E-state index in [0.29, 0.717) is 23.9 Å². The summed E-state index contributed by atoms with van der Waals surface area (Å²) in [6, 6.07) is 7.47. The number of aromatic nitrogens is 2. The number of carbonyl (C=O) groups excluding carboxylic acids is 1. The average Bonchev–Trinajstić information content (AvgIpc) is 2.88. The third kappa shape index (κ3) is 12.9. The monoisotopic (exact) mass is 480 g/mol. The van der Waals surface area contributed by atoms with Crippen LogP contribution in [0.3, 0.4) is 0 Å². The van der Waals surface area contributed by atoms with Crippen molar-refractivity contribution in [1.82, 2.24) is 9.97 Å². The zero-order valence-corrected chi connectivity index (χ0v) is 22.6. The zero-order valence-electron chi connectivity index (χ0n) is 22.6. The number of carbonyl (C=O) groups is 1. The van der Waals surface area contributed by atoms with Crippen molar-refractivity contribution in [3.05, 3.63) is 42.2 Å². The SMILES string of the molecule is CCCCCCCCCCCCCCc1cnc(-c2ccc(OC(=O)CC[C@@H](C)CC)cc2)nc1. The summed E-state index contributed by atoms with van der Waals surface area (Å²) in [7, 11) is 0. The Balaban J connectivity index is 1.60. The topological polar surface area (TPSA) is 52.1 Å². The van der Waals surface area contributed by atoms with Gasteiger partial charge < -0.3 is 4.74 Å². The Labute approximate surface area is 214 Å². The number of aryl methyl sites for hydroxylation is 1. The van der Waals surface area contributed by atoms with Crippen molar-refractivity contribution in [2.75, 3.05) is 0 Å². The van der Waals surface area contributed by atoms with Gasteiger partial charge in [-0.2, -0.15) is 0 Å². The quantitative estimate of drug-likeness (QED) is 0.114. The minimum atomic E-state index is -0.170. The van der Waals surface area contributed by atoms with E-state index in [0.717, 1.165) is 24.8 Å². The van der Waals surface area contributed by atoms with Gasteiger partial charge in [0.2, 0.25) is 0 Å². The van der Waals surface area contributed by atoms with Crippen LogP contribution in [0.1, 0.15) is 123 Å². The molecule has 4 nitrogen and oxygen atoms in total. The summed E-state index contributed by atoms with van der Waals surface area (Å²) >= 11 is 0. The highest BCUT2D eigenvalue weighted by atomic mass is 16.5. The predicted molar refractivity (Wildman–Crippen MR) is 147 cm³/mol. The fourth-order valence-electron chi connectivity index (χ4n) is 4.23. The summed E-state index contributed by atoms with van der Waals surface area (Å²) in [6.45, 7) is 6.58. The Morgan fingerprint density at radius 3 is 1.89 bits per heavy atom. The van der Waals surface area contributed by atoms with Gasteiger partial charge in [0.05, 0.1) is 0 Å². The Morgan fingerprint density at radius 1 is 0.800 bits per heavy atom. The van der Waals surface area contributed by atoms with Gasteiger partial charge in [0.25, 0.3) is 0 Å². The van der Waals surface area contributed by atoms with Crippen LogP contribution in [-0.4, -0.2) is 15.9 Å². The highest BCUT2D eigenvalue weighted by Crippen LogP contribution is 2.21. The number of unbranched alkanes of at least 4 members (excludes halogenated alkanes) is 11. The summed E-state index contributed by atoms with van der Waals surface area (Å²) in [6.07, 6.45) is 23.8. The first-order valence-electron chi connectivity index (χ1n) is 14.2. The van der Waals surface area contributed by atoms with Crippen molar-refractivity contribution in [3.63, 3.8) is 0 Å². The second kappa shape index (κ2) is 18.1. The van der Waals surface area contributed by atoms with Crippen molar-refractivity contribution in [3.8, 4) is 17.1 Å². The highest BCUT2D eigenvalue weighted by molar-refractivity contribution is 5.72. The molecule has 4 heteroatoms. The zero-order chi connectivity index (χ0) is 25.1. The molecule has 0 amide bonds. The lowest BCUT2D eigenvalue weighted by Crippen LogP contribution is -2.09. The summed E-state index contributed by atoms with van der Waals surface area (Å²) < 4.78 is 5.45. The Hall–Kier alpha value is -2.23. The molecule has 0 saturated heterocycles. The van der Waals surface area contributed by atoms with Crippen LogP contribution in [0, 0.1) is 5.92 Å². The van der Waals surface area contributed by atoms with Crippen LogP contribution >= 0.6 is 0 Å². The minimum Gasteiger partial charge on any atom is -0.427 e. The molecule has 1 atom stereocenters. The lowest BCUT2D eigenvalue weighted by molar-refractivity contribution is -0.134. The largest absolute Gasteiger partial charge is 0.427 e. The second-order valence-electron chi connectivity index (χ2n) is 10.1. The van der Waals surface area contributed by atoms with Crippen molar-refractivity contribution in [2.24, 2.45) is 5.92 Å². The van der Waals surface area contributed by atoms with Crippen LogP contribution in [0.25, 0.3) is 11.4 Å². The molecule has 0 spiro atoms. The molecule has 0 N–H and O–H groups in total. The van der Waals surface area contributed by atoms with E-state index in [-0.39, 0.29) is 5.97 Å². The van der Waals surface area contributed by atoms with E-state index in [1.165, 1.54) is 82.6 Å². The van der Waals surface area contributed by atoms with Gasteiger partial charge in [0, 0.05) is 24.4 Å². The van der Waals surface area contributed by atoms with Gasteiger partial charge in [-0.15, -0.1) is 0 Å². The number of esters is 1. The van der Waals surface area contributed by atoms with E-state index in [1.807, 2.05) is 36.7 Å². The van der Waals surface area contributed by atoms with Gasteiger partial charge in [-0.1, -0.05) is 97.8 Å². The van der Waals surface area contributed by atoms with Crippen LogP contribution in [0.4, 0.5) is 0 Å². The van der Waals surface area contributed by atoms with E-state index in [9.17, 15) is 4.79 Å². The van der Waals surface area contributed by atoms with Crippen LogP contribution in [0.15, 0.2) is 36.7 Å². The van der Waals surface area contributed by atoms with Crippen LogP contribution in [0.2, 0.25) is 0 Å². The Kier molecular flexibility index (Phi) is 15.0. The molecule has 0 radical (unpaired) electrons. The van der Waals surface area contributed by atoms with Gasteiger partial charge in [-0.25, -0.2) is 9.97 Å². The van der Waals surface area contributed by atoms with Gasteiger partial charge in [0.1, 0.15) is 5.75 Å². The van der Waals surface area contributed by atoms with E-state index >= 15 is 0 Å². The van der Waals surface area contributed by atoms with Gasteiger partial charge in [0.15, 0.2) is 5.82 Å². The lowest BCUT2D eigenvalue weighted by atomic mass is 10.0. The highest BCUT2D eigenvalue weighted by Gasteiger charge is 2.09. The van der Waals surface area contributed by atoms with Crippen molar-refractivity contribution >= 4 is 5.97 Å². The molecular formula is C31H48N2O2. The van der Waals surface area contributed by atoms with Crippen LogP contribution in [-0.2, 0) is 11.2 Å². The van der Waals surface area contributed by atoms with E-state index in [1.54, 1.807) is 0 Å². The minimum absolute atomic E-state index is 0.170. The normalized spacial score (nSPS) is 12.0. The fraction of sp³-hybridized carbons (Fsp3) is 0.645. The maximum Gasteiger partial charge on any atom is 0.311 e. The van der Waals surface area contributed by atoms with Gasteiger partial charge in [-0.3, -0.25) is 4.79 Å². The molecule has 1 aromatic carbocycles. The molecule has 194 valence electrons. The molecule has 2 rings (SSSR count). The van der Waals surface area contributed by atoms with E-state index < -0.39 is 0 Å².